The van der Waals surface area contributed by atoms with Crippen molar-refractivity contribution >= 4 is 34.9 Å². The third-order valence-corrected chi connectivity index (χ3v) is 3.68. The molecule has 0 saturated carbocycles. The van der Waals surface area contributed by atoms with Gasteiger partial charge in [-0.1, -0.05) is 11.6 Å². The maximum atomic E-state index is 13.7. The second-order valence-electron chi connectivity index (χ2n) is 4.37. The van der Waals surface area contributed by atoms with Crippen LogP contribution in [0.3, 0.4) is 0 Å². The Labute approximate surface area is 128 Å². The number of nitrogens with one attached hydrogen (secondary N) is 1. The highest BCUT2D eigenvalue weighted by molar-refractivity contribution is 7.71. The molecule has 1 N–H and O–H groups in total. The SMILES string of the molecule is COc1cc(F)ccc1-n1c(=S)[nH]c2cc(Cl)c(F)cc21. The average Bonchev–Trinajstić information content (AvgIpc) is 2.75. The van der Waals surface area contributed by atoms with E-state index in [4.69, 9.17) is 28.6 Å². The zero-order valence-electron chi connectivity index (χ0n) is 10.8. The minimum absolute atomic E-state index is 0.00280. The van der Waals surface area contributed by atoms with Crippen molar-refractivity contribution in [2.45, 2.75) is 0 Å². The van der Waals surface area contributed by atoms with Crippen LogP contribution in [0, 0.1) is 16.4 Å². The first kappa shape index (κ1) is 14.0. The van der Waals surface area contributed by atoms with Crippen molar-refractivity contribution < 1.29 is 13.5 Å². The van der Waals surface area contributed by atoms with Gasteiger partial charge >= 0.3 is 0 Å². The summed E-state index contributed by atoms with van der Waals surface area (Å²) in [6.07, 6.45) is 0. The molecule has 3 rings (SSSR count). The number of ether oxygens (including phenoxy) is 1. The molecule has 0 aliphatic carbocycles. The summed E-state index contributed by atoms with van der Waals surface area (Å²) in [4.78, 5) is 2.94. The number of halogens is 3. The predicted molar refractivity (Wildman–Crippen MR) is 79.9 cm³/mol. The molecule has 0 saturated heterocycles. The van der Waals surface area contributed by atoms with Crippen LogP contribution < -0.4 is 4.74 Å². The van der Waals surface area contributed by atoms with Crippen molar-refractivity contribution in [2.24, 2.45) is 0 Å². The summed E-state index contributed by atoms with van der Waals surface area (Å²) >= 11 is 11.0. The van der Waals surface area contributed by atoms with Crippen molar-refractivity contribution in [3.8, 4) is 11.4 Å². The average molecular weight is 327 g/mol. The van der Waals surface area contributed by atoms with Crippen LogP contribution in [0.15, 0.2) is 30.3 Å². The molecule has 108 valence electrons. The van der Waals surface area contributed by atoms with Gasteiger partial charge in [0.2, 0.25) is 0 Å². The smallest absolute Gasteiger partial charge is 0.182 e. The van der Waals surface area contributed by atoms with E-state index in [9.17, 15) is 8.78 Å². The number of fused-ring (bicyclic) bond motifs is 1. The van der Waals surface area contributed by atoms with Crippen molar-refractivity contribution in [1.82, 2.24) is 9.55 Å². The number of methoxy groups -OCH3 is 1. The quantitative estimate of drug-likeness (QED) is 0.696. The Morgan fingerprint density at radius 1 is 1.24 bits per heavy atom. The van der Waals surface area contributed by atoms with E-state index >= 15 is 0 Å². The lowest BCUT2D eigenvalue weighted by Crippen LogP contribution is -1.99. The molecule has 21 heavy (non-hydrogen) atoms. The van der Waals surface area contributed by atoms with Crippen molar-refractivity contribution in [3.63, 3.8) is 0 Å². The highest BCUT2D eigenvalue weighted by atomic mass is 35.5. The van der Waals surface area contributed by atoms with Gasteiger partial charge in [0.1, 0.15) is 17.4 Å². The van der Waals surface area contributed by atoms with E-state index in [1.165, 1.54) is 37.4 Å². The molecule has 0 radical (unpaired) electrons. The standard InChI is InChI=1S/C14H9ClF2N2OS/c1-20-13-4-7(16)2-3-11(13)19-12-6-9(17)8(15)5-10(12)18-14(19)21/h2-6H,1H3,(H,18,21). The number of imidazole rings is 1. The van der Waals surface area contributed by atoms with E-state index in [1.807, 2.05) is 0 Å². The molecule has 3 nitrogen and oxygen atoms in total. The van der Waals surface area contributed by atoms with Crippen LogP contribution in [0.25, 0.3) is 16.7 Å². The zero-order valence-corrected chi connectivity index (χ0v) is 12.4. The molecule has 0 unspecified atom stereocenters. The van der Waals surface area contributed by atoms with Gasteiger partial charge in [0.15, 0.2) is 4.77 Å². The molecule has 0 atom stereocenters. The van der Waals surface area contributed by atoms with E-state index in [1.54, 1.807) is 4.57 Å². The molecule has 0 aliphatic heterocycles. The van der Waals surface area contributed by atoms with E-state index in [-0.39, 0.29) is 5.02 Å². The molecule has 2 aromatic carbocycles. The van der Waals surface area contributed by atoms with Gasteiger partial charge in [0, 0.05) is 12.1 Å². The normalized spacial score (nSPS) is 11.0. The van der Waals surface area contributed by atoms with Crippen LogP contribution in [-0.4, -0.2) is 16.7 Å². The number of nitrogens with zero attached hydrogens (tertiary/aromatic N) is 1. The van der Waals surface area contributed by atoms with Gasteiger partial charge in [-0.05, 0) is 30.4 Å². The Balaban J connectivity index is 2.38. The first-order valence-corrected chi connectivity index (χ1v) is 6.73. The Hall–Kier alpha value is -1.92. The number of aromatic amines is 1. The fourth-order valence-corrected chi connectivity index (χ4v) is 2.65. The number of aromatic nitrogens is 2. The molecule has 3 aromatic rings. The number of hydrogen-bond acceptors (Lipinski definition) is 2. The highest BCUT2D eigenvalue weighted by Crippen LogP contribution is 2.30. The van der Waals surface area contributed by atoms with Crippen molar-refractivity contribution in [3.05, 3.63) is 51.8 Å². The maximum absolute atomic E-state index is 13.7. The monoisotopic (exact) mass is 326 g/mol. The molecule has 0 fully saturated rings. The maximum Gasteiger partial charge on any atom is 0.182 e. The molecule has 1 heterocycles. The molecule has 0 bridgehead atoms. The summed E-state index contributed by atoms with van der Waals surface area (Å²) in [7, 11) is 1.42. The van der Waals surface area contributed by atoms with E-state index in [0.29, 0.717) is 27.2 Å². The molecule has 0 amide bonds. The van der Waals surface area contributed by atoms with Gasteiger partial charge in [-0.25, -0.2) is 8.78 Å². The number of benzene rings is 2. The van der Waals surface area contributed by atoms with Gasteiger partial charge in [0.05, 0.1) is 28.9 Å². The third kappa shape index (κ3) is 2.30. The van der Waals surface area contributed by atoms with Gasteiger partial charge in [-0.15, -0.1) is 0 Å². The molecule has 0 spiro atoms. The van der Waals surface area contributed by atoms with Gasteiger partial charge in [-0.2, -0.15) is 0 Å². The van der Waals surface area contributed by atoms with Crippen LogP contribution in [0.2, 0.25) is 5.02 Å². The zero-order chi connectivity index (χ0) is 15.1. The van der Waals surface area contributed by atoms with Crippen LogP contribution in [-0.2, 0) is 0 Å². The van der Waals surface area contributed by atoms with E-state index in [0.717, 1.165) is 0 Å². The Kier molecular flexibility index (Phi) is 3.43. The summed E-state index contributed by atoms with van der Waals surface area (Å²) in [5.74, 6) is -0.702. The number of hydrogen-bond donors (Lipinski definition) is 1. The fourth-order valence-electron chi connectivity index (χ4n) is 2.18. The van der Waals surface area contributed by atoms with Crippen molar-refractivity contribution in [1.29, 1.82) is 0 Å². The number of rotatable bonds is 2. The second kappa shape index (κ2) is 5.13. The third-order valence-electron chi connectivity index (χ3n) is 3.11. The van der Waals surface area contributed by atoms with Gasteiger partial charge in [-0.3, -0.25) is 4.57 Å². The molecule has 1 aromatic heterocycles. The lowest BCUT2D eigenvalue weighted by atomic mass is 10.2. The number of H-pyrrole nitrogens is 1. The minimum atomic E-state index is -0.562. The molecule has 7 heteroatoms. The van der Waals surface area contributed by atoms with Crippen LogP contribution >= 0.6 is 23.8 Å². The molecular weight excluding hydrogens is 318 g/mol. The fraction of sp³-hybridized carbons (Fsp3) is 0.0714. The Morgan fingerprint density at radius 3 is 2.71 bits per heavy atom. The van der Waals surface area contributed by atoms with Gasteiger partial charge in [0.25, 0.3) is 0 Å². The van der Waals surface area contributed by atoms with Crippen LogP contribution in [0.5, 0.6) is 5.75 Å². The van der Waals surface area contributed by atoms with Gasteiger partial charge < -0.3 is 9.72 Å². The topological polar surface area (TPSA) is 29.9 Å². The lowest BCUT2D eigenvalue weighted by molar-refractivity contribution is 0.409. The van der Waals surface area contributed by atoms with Crippen LogP contribution in [0.1, 0.15) is 0 Å². The first-order chi connectivity index (χ1) is 10.0. The van der Waals surface area contributed by atoms with E-state index in [2.05, 4.69) is 4.98 Å². The second-order valence-corrected chi connectivity index (χ2v) is 5.16. The minimum Gasteiger partial charge on any atom is -0.494 e. The lowest BCUT2D eigenvalue weighted by Gasteiger charge is -2.10. The summed E-state index contributed by atoms with van der Waals surface area (Å²) in [5, 5.41) is -0.00280. The van der Waals surface area contributed by atoms with Crippen molar-refractivity contribution in [2.75, 3.05) is 7.11 Å². The summed E-state index contributed by atoms with van der Waals surface area (Å²) in [5.41, 5.74) is 1.58. The first-order valence-electron chi connectivity index (χ1n) is 5.95. The molecule has 0 aliphatic rings. The summed E-state index contributed by atoms with van der Waals surface area (Å²) < 4.78 is 34.1. The predicted octanol–water partition coefficient (Wildman–Crippen LogP) is 4.63. The Bertz CT molecular complexity index is 904. The van der Waals surface area contributed by atoms with Crippen LogP contribution in [0.4, 0.5) is 8.78 Å². The largest absolute Gasteiger partial charge is 0.494 e. The summed E-state index contributed by atoms with van der Waals surface area (Å²) in [6.45, 7) is 0. The Morgan fingerprint density at radius 2 is 2.00 bits per heavy atom. The van der Waals surface area contributed by atoms with E-state index < -0.39 is 11.6 Å². The molecular formula is C14H9ClF2N2OS. The summed E-state index contributed by atoms with van der Waals surface area (Å²) in [6, 6.07) is 6.76. The highest BCUT2D eigenvalue weighted by Gasteiger charge is 2.14.